The molecule has 0 bridgehead atoms. The van der Waals surface area contributed by atoms with E-state index in [2.05, 4.69) is 60.6 Å². The van der Waals surface area contributed by atoms with Gasteiger partial charge >= 0.3 is 0 Å². The van der Waals surface area contributed by atoms with Crippen molar-refractivity contribution >= 4 is 0 Å². The van der Waals surface area contributed by atoms with Gasteiger partial charge in [0.25, 0.3) is 0 Å². The van der Waals surface area contributed by atoms with Gasteiger partial charge in [-0.2, -0.15) is 0 Å². The van der Waals surface area contributed by atoms with Gasteiger partial charge in [0.05, 0.1) is 0 Å². The van der Waals surface area contributed by atoms with Gasteiger partial charge in [-0.15, -0.1) is 0 Å². The normalized spacial score (nSPS) is 21.5. The molecular formula is C24H42O2Y. The molecule has 1 aliphatic carbocycles. The van der Waals surface area contributed by atoms with Gasteiger partial charge in [-0.25, -0.2) is 0 Å². The van der Waals surface area contributed by atoms with Crippen molar-refractivity contribution in [3.05, 3.63) is 29.8 Å². The molecule has 1 aromatic carbocycles. The number of aliphatic hydroxyl groups excluding tert-OH is 1. The van der Waals surface area contributed by atoms with Crippen LogP contribution in [0, 0.1) is 22.7 Å². The van der Waals surface area contributed by atoms with E-state index in [0.29, 0.717) is 29.6 Å². The molecule has 2 rings (SSSR count). The minimum Gasteiger partial charge on any atom is -0.508 e. The van der Waals surface area contributed by atoms with Crippen molar-refractivity contribution in [2.45, 2.75) is 86.5 Å². The molecule has 1 unspecified atom stereocenters. The molecule has 1 aliphatic rings. The molecule has 1 aromatic rings. The molecule has 2 N–H and O–H groups in total. The zero-order valence-corrected chi connectivity index (χ0v) is 21.6. The van der Waals surface area contributed by atoms with Crippen LogP contribution < -0.4 is 0 Å². The molecule has 1 saturated carbocycles. The maximum atomic E-state index is 9.37. The van der Waals surface area contributed by atoms with Gasteiger partial charge in [-0.3, -0.25) is 0 Å². The van der Waals surface area contributed by atoms with Crippen molar-refractivity contribution in [2.24, 2.45) is 22.7 Å². The summed E-state index contributed by atoms with van der Waals surface area (Å²) in [6.45, 7) is 16.4. The largest absolute Gasteiger partial charge is 0.508 e. The zero-order valence-electron chi connectivity index (χ0n) is 18.8. The van der Waals surface area contributed by atoms with Gasteiger partial charge in [0.15, 0.2) is 0 Å². The molecule has 1 atom stereocenters. The number of hydrogen-bond acceptors (Lipinski definition) is 2. The fraction of sp³-hybridized carbons (Fsp3) is 0.750. The van der Waals surface area contributed by atoms with Crippen LogP contribution in [0.4, 0.5) is 0 Å². The molecule has 27 heavy (non-hydrogen) atoms. The summed E-state index contributed by atoms with van der Waals surface area (Å²) in [5.74, 6) is 2.40. The monoisotopic (exact) mass is 451 g/mol. The molecule has 1 fully saturated rings. The molecule has 0 saturated heterocycles. The SMILES string of the molecule is CC(C)(C)CC(c1ccc(O)cc1)C(C)(C)C.CC1CCC(CO)CC1.[Y]. The average molecular weight is 452 g/mol. The van der Waals surface area contributed by atoms with Gasteiger partial charge < -0.3 is 10.2 Å². The fourth-order valence-electron chi connectivity index (χ4n) is 3.75. The fourth-order valence-corrected chi connectivity index (χ4v) is 3.75. The van der Waals surface area contributed by atoms with Gasteiger partial charge in [0.1, 0.15) is 5.75 Å². The predicted octanol–water partition coefficient (Wildman–Crippen LogP) is 6.76. The second kappa shape index (κ2) is 11.9. The Morgan fingerprint density at radius 2 is 1.41 bits per heavy atom. The van der Waals surface area contributed by atoms with E-state index in [1.54, 1.807) is 12.1 Å². The van der Waals surface area contributed by atoms with Gasteiger partial charge in [0.2, 0.25) is 0 Å². The van der Waals surface area contributed by atoms with Crippen molar-refractivity contribution in [3.63, 3.8) is 0 Å². The molecule has 1 radical (unpaired) electrons. The maximum absolute atomic E-state index is 9.37. The summed E-state index contributed by atoms with van der Waals surface area (Å²) in [6.07, 6.45) is 6.30. The summed E-state index contributed by atoms with van der Waals surface area (Å²) in [7, 11) is 0. The van der Waals surface area contributed by atoms with Crippen LogP contribution in [0.3, 0.4) is 0 Å². The van der Waals surface area contributed by atoms with Crippen LogP contribution in [0.25, 0.3) is 0 Å². The minimum atomic E-state index is 0. The Morgan fingerprint density at radius 1 is 0.926 bits per heavy atom. The van der Waals surface area contributed by atoms with Crippen LogP contribution in [0.2, 0.25) is 0 Å². The molecule has 0 aromatic heterocycles. The van der Waals surface area contributed by atoms with E-state index in [-0.39, 0.29) is 38.1 Å². The van der Waals surface area contributed by atoms with E-state index in [1.165, 1.54) is 31.2 Å². The maximum Gasteiger partial charge on any atom is 0.115 e. The Bertz CT molecular complexity index is 503. The molecule has 2 nitrogen and oxygen atoms in total. The van der Waals surface area contributed by atoms with E-state index in [1.807, 2.05) is 0 Å². The Hall–Kier alpha value is 0.0839. The van der Waals surface area contributed by atoms with Crippen LogP contribution in [0.1, 0.15) is 92.1 Å². The number of phenolic OH excluding ortho intramolecular Hbond substituents is 1. The van der Waals surface area contributed by atoms with E-state index >= 15 is 0 Å². The number of rotatable bonds is 3. The second-order valence-corrected chi connectivity index (χ2v) is 10.6. The van der Waals surface area contributed by atoms with Gasteiger partial charge in [-0.1, -0.05) is 73.4 Å². The van der Waals surface area contributed by atoms with Gasteiger partial charge in [-0.05, 0) is 65.5 Å². The molecule has 153 valence electrons. The quantitative estimate of drug-likeness (QED) is 0.533. The van der Waals surface area contributed by atoms with Crippen LogP contribution in [0.15, 0.2) is 24.3 Å². The smallest absolute Gasteiger partial charge is 0.115 e. The van der Waals surface area contributed by atoms with Crippen molar-refractivity contribution < 1.29 is 42.9 Å². The van der Waals surface area contributed by atoms with E-state index in [0.717, 1.165) is 12.3 Å². The van der Waals surface area contributed by atoms with E-state index in [4.69, 9.17) is 5.11 Å². The summed E-state index contributed by atoms with van der Waals surface area (Å²) in [5, 5.41) is 18.2. The Balaban J connectivity index is 0.000000572. The first-order valence-corrected chi connectivity index (χ1v) is 10.3. The Kier molecular flexibility index (Phi) is 12.0. The first-order chi connectivity index (χ1) is 11.9. The summed E-state index contributed by atoms with van der Waals surface area (Å²) in [4.78, 5) is 0. The Labute approximate surface area is 193 Å². The summed E-state index contributed by atoms with van der Waals surface area (Å²) < 4.78 is 0. The molecular weight excluding hydrogens is 409 g/mol. The number of aliphatic hydroxyl groups is 1. The summed E-state index contributed by atoms with van der Waals surface area (Å²) in [5.41, 5.74) is 1.88. The van der Waals surface area contributed by atoms with E-state index < -0.39 is 0 Å². The zero-order chi connectivity index (χ0) is 20.0. The third-order valence-corrected chi connectivity index (χ3v) is 5.55. The molecule has 0 spiro atoms. The first kappa shape index (κ1) is 27.1. The first-order valence-electron chi connectivity index (χ1n) is 10.3. The van der Waals surface area contributed by atoms with Crippen LogP contribution in [-0.4, -0.2) is 16.8 Å². The Morgan fingerprint density at radius 3 is 1.78 bits per heavy atom. The van der Waals surface area contributed by atoms with E-state index in [9.17, 15) is 5.11 Å². The van der Waals surface area contributed by atoms with Crippen LogP contribution >= 0.6 is 0 Å². The molecule has 0 aliphatic heterocycles. The molecule has 0 heterocycles. The number of phenols is 1. The second-order valence-electron chi connectivity index (χ2n) is 10.6. The van der Waals surface area contributed by atoms with Crippen molar-refractivity contribution in [2.75, 3.05) is 6.61 Å². The van der Waals surface area contributed by atoms with Crippen molar-refractivity contribution in [3.8, 4) is 5.75 Å². The topological polar surface area (TPSA) is 40.5 Å². The number of benzene rings is 1. The standard InChI is InChI=1S/C16H26O.C8H16O.Y/c1-15(2,3)11-14(16(4,5)6)12-7-9-13(17)10-8-12;1-7-2-4-8(6-9)5-3-7;/h7-10,14,17H,11H2,1-6H3;7-9H,2-6H2,1H3;. The third-order valence-electron chi connectivity index (χ3n) is 5.55. The summed E-state index contributed by atoms with van der Waals surface area (Å²) in [6, 6.07) is 7.68. The van der Waals surface area contributed by atoms with Crippen LogP contribution in [0.5, 0.6) is 5.75 Å². The minimum absolute atomic E-state index is 0. The third kappa shape index (κ3) is 11.0. The molecule has 0 amide bonds. The van der Waals surface area contributed by atoms with Gasteiger partial charge in [0, 0.05) is 39.3 Å². The molecule has 3 heteroatoms. The predicted molar refractivity (Wildman–Crippen MR) is 113 cm³/mol. The number of aromatic hydroxyl groups is 1. The van der Waals surface area contributed by atoms with Crippen molar-refractivity contribution in [1.82, 2.24) is 0 Å². The van der Waals surface area contributed by atoms with Crippen LogP contribution in [-0.2, 0) is 32.7 Å². The number of hydrogen-bond donors (Lipinski definition) is 2. The van der Waals surface area contributed by atoms with Crippen molar-refractivity contribution in [1.29, 1.82) is 0 Å². The average Bonchev–Trinajstić information content (AvgIpc) is 2.53. The summed E-state index contributed by atoms with van der Waals surface area (Å²) >= 11 is 0.